The van der Waals surface area contributed by atoms with Crippen molar-refractivity contribution in [3.63, 3.8) is 0 Å². The molecule has 1 aliphatic carbocycles. The van der Waals surface area contributed by atoms with E-state index in [4.69, 9.17) is 9.47 Å². The lowest BCUT2D eigenvalue weighted by Crippen LogP contribution is -2.49. The fourth-order valence-electron chi connectivity index (χ4n) is 3.10. The van der Waals surface area contributed by atoms with Crippen molar-refractivity contribution in [3.8, 4) is 11.5 Å². The molecule has 1 atom stereocenters. The van der Waals surface area contributed by atoms with Gasteiger partial charge in [-0.25, -0.2) is 0 Å². The van der Waals surface area contributed by atoms with Crippen LogP contribution in [0.5, 0.6) is 11.5 Å². The highest BCUT2D eigenvalue weighted by molar-refractivity contribution is 5.81. The topological polar surface area (TPSA) is 59.0 Å². The first-order valence-corrected chi connectivity index (χ1v) is 7.43. The van der Waals surface area contributed by atoms with Crippen molar-refractivity contribution >= 4 is 5.91 Å². The Morgan fingerprint density at radius 2 is 2.00 bits per heavy atom. The van der Waals surface area contributed by atoms with Crippen molar-refractivity contribution in [1.82, 2.24) is 4.90 Å². The molecule has 1 amide bonds. The van der Waals surface area contributed by atoms with Crippen molar-refractivity contribution in [1.29, 1.82) is 0 Å². The Balaban J connectivity index is 1.63. The van der Waals surface area contributed by atoms with Crippen LogP contribution in [0.15, 0.2) is 24.3 Å². The molecule has 5 nitrogen and oxygen atoms in total. The first kappa shape index (κ1) is 14.2. The minimum Gasteiger partial charge on any atom is -0.485 e. The van der Waals surface area contributed by atoms with E-state index in [0.717, 1.165) is 25.7 Å². The third-order valence-corrected chi connectivity index (χ3v) is 4.23. The molecule has 0 bridgehead atoms. The van der Waals surface area contributed by atoms with Crippen LogP contribution < -0.4 is 9.47 Å². The predicted molar refractivity (Wildman–Crippen MR) is 77.4 cm³/mol. The van der Waals surface area contributed by atoms with Gasteiger partial charge in [0.05, 0.1) is 5.60 Å². The molecule has 1 N–H and O–H groups in total. The van der Waals surface area contributed by atoms with Gasteiger partial charge in [0.1, 0.15) is 6.61 Å². The second kappa shape index (κ2) is 5.56. The maximum atomic E-state index is 12.4. The summed E-state index contributed by atoms with van der Waals surface area (Å²) in [5, 5.41) is 10.4. The van der Waals surface area contributed by atoms with Gasteiger partial charge in [0, 0.05) is 13.6 Å². The molecule has 1 aromatic carbocycles. The smallest absolute Gasteiger partial charge is 0.267 e. The van der Waals surface area contributed by atoms with Crippen LogP contribution in [-0.2, 0) is 4.79 Å². The van der Waals surface area contributed by atoms with E-state index in [0.29, 0.717) is 18.0 Å². The molecule has 1 saturated carbocycles. The summed E-state index contributed by atoms with van der Waals surface area (Å²) < 4.78 is 11.3. The lowest BCUT2D eigenvalue weighted by atomic mass is 10.0. The Morgan fingerprint density at radius 3 is 2.71 bits per heavy atom. The quantitative estimate of drug-likeness (QED) is 0.919. The molecule has 1 aliphatic heterocycles. The fourth-order valence-corrected chi connectivity index (χ4v) is 3.10. The van der Waals surface area contributed by atoms with Gasteiger partial charge in [-0.1, -0.05) is 25.0 Å². The summed E-state index contributed by atoms with van der Waals surface area (Å²) in [4.78, 5) is 14.0. The number of carbonyl (C=O) groups excluding carboxylic acids is 1. The molecule has 0 spiro atoms. The van der Waals surface area contributed by atoms with Crippen molar-refractivity contribution < 1.29 is 19.4 Å². The Bertz CT molecular complexity index is 525. The summed E-state index contributed by atoms with van der Waals surface area (Å²) >= 11 is 0. The van der Waals surface area contributed by atoms with Gasteiger partial charge in [0.2, 0.25) is 6.10 Å². The van der Waals surface area contributed by atoms with E-state index in [1.165, 1.54) is 0 Å². The maximum absolute atomic E-state index is 12.4. The number of rotatable bonds is 3. The van der Waals surface area contributed by atoms with E-state index < -0.39 is 11.7 Å². The molecular weight excluding hydrogens is 270 g/mol. The molecule has 3 rings (SSSR count). The van der Waals surface area contributed by atoms with Crippen LogP contribution in [0.4, 0.5) is 0 Å². The standard InChI is InChI=1S/C16H21NO4/c1-17(11-16(19)8-4-5-9-16)15(18)14-10-20-12-6-2-3-7-13(12)21-14/h2-3,6-7,14,19H,4-5,8-11H2,1H3. The second-order valence-corrected chi connectivity index (χ2v) is 5.99. The molecule has 1 unspecified atom stereocenters. The Hall–Kier alpha value is -1.75. The van der Waals surface area contributed by atoms with Gasteiger partial charge in [-0.3, -0.25) is 4.79 Å². The van der Waals surface area contributed by atoms with E-state index >= 15 is 0 Å². The van der Waals surface area contributed by atoms with Crippen LogP contribution in [0, 0.1) is 0 Å². The van der Waals surface area contributed by atoms with Crippen molar-refractivity contribution in [3.05, 3.63) is 24.3 Å². The lowest BCUT2D eigenvalue weighted by Gasteiger charge is -2.32. The summed E-state index contributed by atoms with van der Waals surface area (Å²) in [5.41, 5.74) is -0.738. The van der Waals surface area contributed by atoms with Crippen LogP contribution in [0.1, 0.15) is 25.7 Å². The van der Waals surface area contributed by atoms with Gasteiger partial charge < -0.3 is 19.5 Å². The Labute approximate surface area is 124 Å². The average Bonchev–Trinajstić information content (AvgIpc) is 2.92. The lowest BCUT2D eigenvalue weighted by molar-refractivity contribution is -0.143. The van der Waals surface area contributed by atoms with Gasteiger partial charge in [0.15, 0.2) is 11.5 Å². The van der Waals surface area contributed by atoms with Crippen molar-refractivity contribution in [2.24, 2.45) is 0 Å². The molecule has 1 fully saturated rings. The summed E-state index contributed by atoms with van der Waals surface area (Å²) in [7, 11) is 1.71. The number of para-hydroxylation sites is 2. The highest BCUT2D eigenvalue weighted by Crippen LogP contribution is 2.32. The highest BCUT2D eigenvalue weighted by atomic mass is 16.6. The van der Waals surface area contributed by atoms with Gasteiger partial charge in [-0.05, 0) is 25.0 Å². The molecule has 1 aromatic rings. The van der Waals surface area contributed by atoms with Gasteiger partial charge in [0.25, 0.3) is 5.91 Å². The molecule has 1 heterocycles. The number of benzene rings is 1. The number of hydrogen-bond acceptors (Lipinski definition) is 4. The van der Waals surface area contributed by atoms with E-state index in [2.05, 4.69) is 0 Å². The third kappa shape index (κ3) is 2.97. The number of likely N-dealkylation sites (N-methyl/N-ethyl adjacent to an activating group) is 1. The number of amides is 1. The zero-order valence-corrected chi connectivity index (χ0v) is 12.2. The van der Waals surface area contributed by atoms with E-state index in [-0.39, 0.29) is 12.5 Å². The second-order valence-electron chi connectivity index (χ2n) is 5.99. The van der Waals surface area contributed by atoms with Gasteiger partial charge >= 0.3 is 0 Å². The molecule has 21 heavy (non-hydrogen) atoms. The normalized spacial score (nSPS) is 22.9. The molecule has 114 valence electrons. The number of ether oxygens (including phenoxy) is 2. The van der Waals surface area contributed by atoms with E-state index in [1.54, 1.807) is 18.0 Å². The molecule has 0 saturated heterocycles. The van der Waals surface area contributed by atoms with E-state index in [9.17, 15) is 9.90 Å². The number of hydrogen-bond donors (Lipinski definition) is 1. The Morgan fingerprint density at radius 1 is 1.33 bits per heavy atom. The predicted octanol–water partition coefficient (Wildman–Crippen LogP) is 1.59. The summed E-state index contributed by atoms with van der Waals surface area (Å²) in [6.07, 6.45) is 2.92. The number of aliphatic hydroxyl groups is 1. The average molecular weight is 291 g/mol. The number of carbonyl (C=O) groups is 1. The van der Waals surface area contributed by atoms with Crippen LogP contribution >= 0.6 is 0 Å². The van der Waals surface area contributed by atoms with Crippen LogP contribution in [-0.4, -0.2) is 47.8 Å². The van der Waals surface area contributed by atoms with Crippen molar-refractivity contribution in [2.45, 2.75) is 37.4 Å². The zero-order valence-electron chi connectivity index (χ0n) is 12.2. The molecule has 2 aliphatic rings. The third-order valence-electron chi connectivity index (χ3n) is 4.23. The number of nitrogens with zero attached hydrogens (tertiary/aromatic N) is 1. The first-order chi connectivity index (χ1) is 10.1. The van der Waals surface area contributed by atoms with Crippen LogP contribution in [0.25, 0.3) is 0 Å². The largest absolute Gasteiger partial charge is 0.485 e. The maximum Gasteiger partial charge on any atom is 0.267 e. The van der Waals surface area contributed by atoms with E-state index in [1.807, 2.05) is 18.2 Å². The van der Waals surface area contributed by atoms with Crippen LogP contribution in [0.2, 0.25) is 0 Å². The number of fused-ring (bicyclic) bond motifs is 1. The minimum absolute atomic E-state index is 0.148. The molecule has 0 aromatic heterocycles. The highest BCUT2D eigenvalue weighted by Gasteiger charge is 2.36. The Kier molecular flexibility index (Phi) is 3.76. The first-order valence-electron chi connectivity index (χ1n) is 7.43. The summed E-state index contributed by atoms with van der Waals surface area (Å²) in [6, 6.07) is 7.33. The minimum atomic E-state index is -0.738. The van der Waals surface area contributed by atoms with Crippen LogP contribution in [0.3, 0.4) is 0 Å². The molecular formula is C16H21NO4. The molecule has 5 heteroatoms. The summed E-state index contributed by atoms with van der Waals surface area (Å²) in [5.74, 6) is 1.11. The van der Waals surface area contributed by atoms with Gasteiger partial charge in [-0.2, -0.15) is 0 Å². The zero-order chi connectivity index (χ0) is 14.9. The monoisotopic (exact) mass is 291 g/mol. The van der Waals surface area contributed by atoms with Gasteiger partial charge in [-0.15, -0.1) is 0 Å². The molecule has 0 radical (unpaired) electrons. The van der Waals surface area contributed by atoms with Crippen molar-refractivity contribution in [2.75, 3.05) is 20.2 Å². The SMILES string of the molecule is CN(CC1(O)CCCC1)C(=O)C1COc2ccccc2O1. The summed E-state index contributed by atoms with van der Waals surface area (Å²) in [6.45, 7) is 0.561. The fraction of sp³-hybridized carbons (Fsp3) is 0.562.